The first-order chi connectivity index (χ1) is 8.50. The first-order valence-electron chi connectivity index (χ1n) is 5.97. The lowest BCUT2D eigenvalue weighted by Gasteiger charge is -2.09. The number of hydrogen-bond donors (Lipinski definition) is 3. The molecule has 0 atom stereocenters. The van der Waals surface area contributed by atoms with Gasteiger partial charge in [0.25, 0.3) is 0 Å². The van der Waals surface area contributed by atoms with Crippen LogP contribution in [0.25, 0.3) is 0 Å². The number of hydrogen-bond acceptors (Lipinski definition) is 3. The molecule has 0 heterocycles. The molecule has 0 unspecified atom stereocenters. The Kier molecular flexibility index (Phi) is 5.95. The maximum atomic E-state index is 11.4. The van der Waals surface area contributed by atoms with Gasteiger partial charge in [0.15, 0.2) is 0 Å². The molecule has 0 radical (unpaired) electrons. The van der Waals surface area contributed by atoms with Gasteiger partial charge < -0.3 is 15.7 Å². The van der Waals surface area contributed by atoms with E-state index in [0.717, 1.165) is 5.56 Å². The standard InChI is InChI=1S/C13H19ClN2O2/c1-9(2)16-12(17)6-7-15-8-10-4-3-5-11(14)13(10)18/h3-5,9,15,18H,6-8H2,1-2H3,(H,16,17). The van der Waals surface area contributed by atoms with Crippen LogP contribution in [0.2, 0.25) is 5.02 Å². The first kappa shape index (κ1) is 14.8. The van der Waals surface area contributed by atoms with Crippen LogP contribution in [0.3, 0.4) is 0 Å². The van der Waals surface area contributed by atoms with E-state index in [4.69, 9.17) is 11.6 Å². The lowest BCUT2D eigenvalue weighted by atomic mass is 10.2. The molecule has 0 saturated heterocycles. The summed E-state index contributed by atoms with van der Waals surface area (Å²) in [5, 5.41) is 15.9. The van der Waals surface area contributed by atoms with Gasteiger partial charge in [0.05, 0.1) is 5.02 Å². The van der Waals surface area contributed by atoms with E-state index >= 15 is 0 Å². The number of amides is 1. The summed E-state index contributed by atoms with van der Waals surface area (Å²) in [6.45, 7) is 4.90. The number of nitrogens with one attached hydrogen (secondary N) is 2. The highest BCUT2D eigenvalue weighted by Crippen LogP contribution is 2.26. The van der Waals surface area contributed by atoms with Crippen molar-refractivity contribution in [3.8, 4) is 5.75 Å². The minimum absolute atomic E-state index is 0.0211. The molecule has 18 heavy (non-hydrogen) atoms. The molecule has 0 saturated carbocycles. The second-order valence-corrected chi connectivity index (χ2v) is 4.80. The van der Waals surface area contributed by atoms with Crippen molar-refractivity contribution >= 4 is 17.5 Å². The number of carbonyl (C=O) groups is 1. The highest BCUT2D eigenvalue weighted by Gasteiger charge is 2.05. The molecule has 1 aromatic rings. The average molecular weight is 271 g/mol. The van der Waals surface area contributed by atoms with E-state index in [-0.39, 0.29) is 17.7 Å². The molecule has 1 rings (SSSR count). The largest absolute Gasteiger partial charge is 0.506 e. The van der Waals surface area contributed by atoms with Gasteiger partial charge in [0.1, 0.15) is 5.75 Å². The summed E-state index contributed by atoms with van der Waals surface area (Å²) in [5.74, 6) is 0.117. The fourth-order valence-corrected chi connectivity index (χ4v) is 1.72. The number of halogens is 1. The molecule has 0 aliphatic carbocycles. The number of carbonyl (C=O) groups excluding carboxylic acids is 1. The summed E-state index contributed by atoms with van der Waals surface area (Å²) < 4.78 is 0. The predicted octanol–water partition coefficient (Wildman–Crippen LogP) is 2.05. The Balaban J connectivity index is 2.30. The number of phenolic OH excluding ortho intramolecular Hbond substituents is 1. The van der Waals surface area contributed by atoms with Crippen molar-refractivity contribution in [1.82, 2.24) is 10.6 Å². The molecule has 100 valence electrons. The highest BCUT2D eigenvalue weighted by molar-refractivity contribution is 6.32. The van der Waals surface area contributed by atoms with Crippen molar-refractivity contribution in [2.75, 3.05) is 6.54 Å². The van der Waals surface area contributed by atoms with Gasteiger partial charge in [-0.05, 0) is 19.9 Å². The van der Waals surface area contributed by atoms with Gasteiger partial charge in [-0.3, -0.25) is 4.79 Å². The third kappa shape index (κ3) is 4.94. The van der Waals surface area contributed by atoms with Gasteiger partial charge in [-0.1, -0.05) is 23.7 Å². The summed E-state index contributed by atoms with van der Waals surface area (Å²) in [6.07, 6.45) is 0.416. The SMILES string of the molecule is CC(C)NC(=O)CCNCc1cccc(Cl)c1O. The quantitative estimate of drug-likeness (QED) is 0.694. The zero-order valence-corrected chi connectivity index (χ0v) is 11.4. The van der Waals surface area contributed by atoms with E-state index in [1.54, 1.807) is 18.2 Å². The Labute approximate surface area is 112 Å². The fourth-order valence-electron chi connectivity index (χ4n) is 1.52. The van der Waals surface area contributed by atoms with Crippen molar-refractivity contribution in [2.24, 2.45) is 0 Å². The molecular formula is C13H19ClN2O2. The van der Waals surface area contributed by atoms with E-state index in [0.29, 0.717) is 24.5 Å². The van der Waals surface area contributed by atoms with Gasteiger partial charge in [0.2, 0.25) is 5.91 Å². The lowest BCUT2D eigenvalue weighted by Crippen LogP contribution is -2.32. The van der Waals surface area contributed by atoms with Gasteiger partial charge >= 0.3 is 0 Å². The topological polar surface area (TPSA) is 61.4 Å². The summed E-state index contributed by atoms with van der Waals surface area (Å²) in [5.41, 5.74) is 0.728. The molecule has 0 aliphatic heterocycles. The zero-order valence-electron chi connectivity index (χ0n) is 10.7. The molecule has 0 fully saturated rings. The van der Waals surface area contributed by atoms with Crippen molar-refractivity contribution in [1.29, 1.82) is 0 Å². The van der Waals surface area contributed by atoms with Gasteiger partial charge in [-0.15, -0.1) is 0 Å². The Morgan fingerprint density at radius 3 is 2.83 bits per heavy atom. The average Bonchev–Trinajstić information content (AvgIpc) is 2.29. The number of aromatic hydroxyl groups is 1. The molecule has 0 aliphatic rings. The highest BCUT2D eigenvalue weighted by atomic mass is 35.5. The molecule has 0 aromatic heterocycles. The third-order valence-corrected chi connectivity index (χ3v) is 2.67. The smallest absolute Gasteiger partial charge is 0.221 e. The first-order valence-corrected chi connectivity index (χ1v) is 6.35. The normalized spacial score (nSPS) is 10.7. The van der Waals surface area contributed by atoms with E-state index in [9.17, 15) is 9.90 Å². The molecular weight excluding hydrogens is 252 g/mol. The van der Waals surface area contributed by atoms with Crippen LogP contribution in [-0.4, -0.2) is 23.6 Å². The second kappa shape index (κ2) is 7.24. The van der Waals surface area contributed by atoms with Crippen LogP contribution >= 0.6 is 11.6 Å². The summed E-state index contributed by atoms with van der Waals surface area (Å²) in [6, 6.07) is 5.37. The Morgan fingerprint density at radius 1 is 1.44 bits per heavy atom. The van der Waals surface area contributed by atoms with Gasteiger partial charge in [-0.2, -0.15) is 0 Å². The van der Waals surface area contributed by atoms with Crippen LogP contribution < -0.4 is 10.6 Å². The van der Waals surface area contributed by atoms with Crippen LogP contribution in [0, 0.1) is 0 Å². The fraction of sp³-hybridized carbons (Fsp3) is 0.462. The molecule has 1 amide bonds. The van der Waals surface area contributed by atoms with E-state index in [1.165, 1.54) is 0 Å². The van der Waals surface area contributed by atoms with Gasteiger partial charge in [-0.25, -0.2) is 0 Å². The number of benzene rings is 1. The molecule has 1 aromatic carbocycles. The van der Waals surface area contributed by atoms with Gasteiger partial charge in [0, 0.05) is 31.1 Å². The predicted molar refractivity (Wildman–Crippen MR) is 72.7 cm³/mol. The van der Waals surface area contributed by atoms with Crippen molar-refractivity contribution in [2.45, 2.75) is 32.9 Å². The maximum absolute atomic E-state index is 11.4. The summed E-state index contributed by atoms with van der Waals surface area (Å²) in [4.78, 5) is 11.4. The Bertz CT molecular complexity index is 408. The number of rotatable bonds is 6. The summed E-state index contributed by atoms with van der Waals surface area (Å²) >= 11 is 5.79. The van der Waals surface area contributed by atoms with Crippen molar-refractivity contribution in [3.05, 3.63) is 28.8 Å². The van der Waals surface area contributed by atoms with E-state index < -0.39 is 0 Å². The van der Waals surface area contributed by atoms with Crippen LogP contribution in [-0.2, 0) is 11.3 Å². The minimum atomic E-state index is 0.0211. The maximum Gasteiger partial charge on any atom is 0.221 e. The second-order valence-electron chi connectivity index (χ2n) is 4.40. The van der Waals surface area contributed by atoms with E-state index in [1.807, 2.05) is 13.8 Å². The zero-order chi connectivity index (χ0) is 13.5. The minimum Gasteiger partial charge on any atom is -0.506 e. The molecule has 5 heteroatoms. The lowest BCUT2D eigenvalue weighted by molar-refractivity contribution is -0.121. The van der Waals surface area contributed by atoms with Crippen LogP contribution in [0.5, 0.6) is 5.75 Å². The Hall–Kier alpha value is -1.26. The van der Waals surface area contributed by atoms with Crippen LogP contribution in [0.15, 0.2) is 18.2 Å². The molecule has 0 spiro atoms. The Morgan fingerprint density at radius 2 is 2.17 bits per heavy atom. The van der Waals surface area contributed by atoms with Crippen LogP contribution in [0.4, 0.5) is 0 Å². The van der Waals surface area contributed by atoms with Crippen LogP contribution in [0.1, 0.15) is 25.8 Å². The molecule has 4 nitrogen and oxygen atoms in total. The monoisotopic (exact) mass is 270 g/mol. The van der Waals surface area contributed by atoms with Crippen molar-refractivity contribution < 1.29 is 9.90 Å². The summed E-state index contributed by atoms with van der Waals surface area (Å²) in [7, 11) is 0. The number of para-hydroxylation sites is 1. The number of phenols is 1. The third-order valence-electron chi connectivity index (χ3n) is 2.36. The van der Waals surface area contributed by atoms with E-state index in [2.05, 4.69) is 10.6 Å². The molecule has 3 N–H and O–H groups in total. The molecule has 0 bridgehead atoms. The van der Waals surface area contributed by atoms with Crippen molar-refractivity contribution in [3.63, 3.8) is 0 Å².